The summed E-state index contributed by atoms with van der Waals surface area (Å²) >= 11 is 0. The van der Waals surface area contributed by atoms with Crippen molar-refractivity contribution in [1.29, 1.82) is 0 Å². The van der Waals surface area contributed by atoms with Gasteiger partial charge in [0.1, 0.15) is 5.75 Å². The van der Waals surface area contributed by atoms with E-state index in [4.69, 9.17) is 9.84 Å². The van der Waals surface area contributed by atoms with Gasteiger partial charge in [0.15, 0.2) is 0 Å². The highest BCUT2D eigenvalue weighted by Crippen LogP contribution is 2.31. The van der Waals surface area contributed by atoms with Gasteiger partial charge in [0.25, 0.3) is 0 Å². The summed E-state index contributed by atoms with van der Waals surface area (Å²) in [6, 6.07) is 6.49. The van der Waals surface area contributed by atoms with E-state index in [-0.39, 0.29) is 6.61 Å². The summed E-state index contributed by atoms with van der Waals surface area (Å²) in [5.74, 6) is 1.15. The third-order valence-electron chi connectivity index (χ3n) is 3.54. The van der Waals surface area contributed by atoms with E-state index in [9.17, 15) is 8.42 Å². The van der Waals surface area contributed by atoms with Gasteiger partial charge in [-0.15, -0.1) is 0 Å². The van der Waals surface area contributed by atoms with Gasteiger partial charge in [-0.25, -0.2) is 8.42 Å². The molecular weight excluding hydrogens is 290 g/mol. The van der Waals surface area contributed by atoms with Gasteiger partial charge in [0.05, 0.1) is 11.5 Å². The van der Waals surface area contributed by atoms with Crippen LogP contribution in [0.1, 0.15) is 26.2 Å². The molecule has 118 valence electrons. The van der Waals surface area contributed by atoms with Crippen LogP contribution in [0.15, 0.2) is 29.2 Å². The van der Waals surface area contributed by atoms with Gasteiger partial charge in [0.2, 0.25) is 10.0 Å². The van der Waals surface area contributed by atoms with Gasteiger partial charge < -0.3 is 9.84 Å². The molecule has 21 heavy (non-hydrogen) atoms. The molecule has 1 aromatic rings. The molecule has 0 saturated heterocycles. The minimum Gasteiger partial charge on any atom is -0.494 e. The van der Waals surface area contributed by atoms with Crippen molar-refractivity contribution < 1.29 is 18.3 Å². The topological polar surface area (TPSA) is 66.8 Å². The molecule has 0 aliphatic heterocycles. The Bertz CT molecular complexity index is 537. The number of hydrogen-bond acceptors (Lipinski definition) is 4. The van der Waals surface area contributed by atoms with Gasteiger partial charge in [-0.1, -0.05) is 6.92 Å². The molecule has 1 saturated carbocycles. The largest absolute Gasteiger partial charge is 0.494 e. The lowest BCUT2D eigenvalue weighted by Gasteiger charge is -2.20. The predicted octanol–water partition coefficient (Wildman–Crippen LogP) is 1.87. The van der Waals surface area contributed by atoms with Crippen LogP contribution in [-0.4, -0.2) is 44.1 Å². The molecule has 6 heteroatoms. The molecule has 0 radical (unpaired) electrons. The van der Waals surface area contributed by atoms with Crippen molar-refractivity contribution in [1.82, 2.24) is 4.31 Å². The molecule has 2 rings (SSSR count). The second-order valence-electron chi connectivity index (χ2n) is 5.30. The molecule has 5 nitrogen and oxygen atoms in total. The van der Waals surface area contributed by atoms with Crippen molar-refractivity contribution in [2.75, 3.05) is 26.3 Å². The molecular formula is C15H23NO4S. The van der Waals surface area contributed by atoms with E-state index in [0.717, 1.165) is 12.8 Å². The molecule has 0 spiro atoms. The molecule has 1 aromatic carbocycles. The Morgan fingerprint density at radius 3 is 2.48 bits per heavy atom. The molecule has 0 bridgehead atoms. The highest BCUT2D eigenvalue weighted by Gasteiger charge is 2.30. The first-order chi connectivity index (χ1) is 10.1. The normalized spacial score (nSPS) is 15.4. The summed E-state index contributed by atoms with van der Waals surface area (Å²) in [5, 5.41) is 8.70. The van der Waals surface area contributed by atoms with E-state index in [1.54, 1.807) is 28.6 Å². The summed E-state index contributed by atoms with van der Waals surface area (Å²) in [6.45, 7) is 3.48. The molecule has 1 aliphatic rings. The van der Waals surface area contributed by atoms with Gasteiger partial charge in [-0.05, 0) is 43.0 Å². The highest BCUT2D eigenvalue weighted by atomic mass is 32.2. The number of rotatable bonds is 9. The minimum absolute atomic E-state index is 0.0824. The molecule has 0 amide bonds. The number of benzene rings is 1. The van der Waals surface area contributed by atoms with Crippen molar-refractivity contribution in [3.05, 3.63) is 24.3 Å². The first-order valence-electron chi connectivity index (χ1n) is 7.41. The highest BCUT2D eigenvalue weighted by molar-refractivity contribution is 7.89. The molecule has 0 aromatic heterocycles. The zero-order chi connectivity index (χ0) is 15.3. The zero-order valence-electron chi connectivity index (χ0n) is 12.4. The summed E-state index contributed by atoms with van der Waals surface area (Å²) in [6.07, 6.45) is 2.82. The predicted molar refractivity (Wildman–Crippen MR) is 80.8 cm³/mol. The van der Waals surface area contributed by atoms with Gasteiger partial charge in [-0.2, -0.15) is 4.31 Å². The molecule has 1 aliphatic carbocycles. The van der Waals surface area contributed by atoms with E-state index in [0.29, 0.717) is 42.7 Å². The van der Waals surface area contributed by atoms with Gasteiger partial charge in [-0.3, -0.25) is 0 Å². The fraction of sp³-hybridized carbons (Fsp3) is 0.600. The maximum Gasteiger partial charge on any atom is 0.243 e. The Morgan fingerprint density at radius 2 is 1.95 bits per heavy atom. The Hall–Kier alpha value is -1.11. The lowest BCUT2D eigenvalue weighted by Crippen LogP contribution is -2.32. The van der Waals surface area contributed by atoms with Crippen molar-refractivity contribution in [3.63, 3.8) is 0 Å². The van der Waals surface area contributed by atoms with Crippen molar-refractivity contribution >= 4 is 10.0 Å². The van der Waals surface area contributed by atoms with Crippen LogP contribution in [0.4, 0.5) is 0 Å². The number of aliphatic hydroxyl groups is 1. The van der Waals surface area contributed by atoms with Crippen molar-refractivity contribution in [2.45, 2.75) is 31.1 Å². The molecule has 0 atom stereocenters. The van der Waals surface area contributed by atoms with E-state index in [1.165, 1.54) is 0 Å². The lowest BCUT2D eigenvalue weighted by molar-refractivity contribution is 0.233. The summed E-state index contributed by atoms with van der Waals surface area (Å²) in [4.78, 5) is 0.305. The summed E-state index contributed by atoms with van der Waals surface area (Å²) in [7, 11) is -3.41. The van der Waals surface area contributed by atoms with Crippen LogP contribution >= 0.6 is 0 Å². The third-order valence-corrected chi connectivity index (χ3v) is 5.50. The second-order valence-corrected chi connectivity index (χ2v) is 7.23. The first kappa shape index (κ1) is 16.3. The van der Waals surface area contributed by atoms with E-state index in [1.807, 2.05) is 6.92 Å². The van der Waals surface area contributed by atoms with E-state index < -0.39 is 10.0 Å². The Kier molecular flexibility index (Phi) is 5.61. The Balaban J connectivity index is 2.04. The standard InChI is InChI=1S/C15H23NO4S/c1-2-16(12-13-4-5-13)21(18,19)15-8-6-14(7-9-15)20-11-3-10-17/h6-9,13,17H,2-5,10-12H2,1H3. The van der Waals surface area contributed by atoms with Crippen LogP contribution in [0.2, 0.25) is 0 Å². The Morgan fingerprint density at radius 1 is 1.29 bits per heavy atom. The number of ether oxygens (including phenoxy) is 1. The number of aliphatic hydroxyl groups excluding tert-OH is 1. The monoisotopic (exact) mass is 313 g/mol. The van der Waals surface area contributed by atoms with Crippen LogP contribution in [0, 0.1) is 5.92 Å². The number of sulfonamides is 1. The van der Waals surface area contributed by atoms with Crippen molar-refractivity contribution in [2.24, 2.45) is 5.92 Å². The minimum atomic E-state index is -3.41. The van der Waals surface area contributed by atoms with Crippen molar-refractivity contribution in [3.8, 4) is 5.75 Å². The summed E-state index contributed by atoms with van der Waals surface area (Å²) in [5.41, 5.74) is 0. The number of hydrogen-bond donors (Lipinski definition) is 1. The average Bonchev–Trinajstić information content (AvgIpc) is 3.29. The molecule has 1 N–H and O–H groups in total. The maximum absolute atomic E-state index is 12.6. The molecule has 0 heterocycles. The lowest BCUT2D eigenvalue weighted by atomic mass is 10.3. The van der Waals surface area contributed by atoms with Crippen LogP contribution in [0.3, 0.4) is 0 Å². The van der Waals surface area contributed by atoms with E-state index >= 15 is 0 Å². The maximum atomic E-state index is 12.6. The molecule has 0 unspecified atom stereocenters. The average molecular weight is 313 g/mol. The van der Waals surface area contributed by atoms with Gasteiger partial charge in [0, 0.05) is 26.1 Å². The van der Waals surface area contributed by atoms with Crippen LogP contribution in [0.25, 0.3) is 0 Å². The third kappa shape index (κ3) is 4.43. The van der Waals surface area contributed by atoms with Crippen LogP contribution < -0.4 is 4.74 Å². The van der Waals surface area contributed by atoms with E-state index in [2.05, 4.69) is 0 Å². The Labute approximate surface area is 126 Å². The summed E-state index contributed by atoms with van der Waals surface area (Å²) < 4.78 is 32.1. The second kappa shape index (κ2) is 7.24. The smallest absolute Gasteiger partial charge is 0.243 e. The fourth-order valence-corrected chi connectivity index (χ4v) is 3.62. The zero-order valence-corrected chi connectivity index (χ0v) is 13.2. The quantitative estimate of drug-likeness (QED) is 0.707. The molecule has 1 fully saturated rings. The van der Waals surface area contributed by atoms with Crippen LogP contribution in [0.5, 0.6) is 5.75 Å². The van der Waals surface area contributed by atoms with Crippen LogP contribution in [-0.2, 0) is 10.0 Å². The van der Waals surface area contributed by atoms with Gasteiger partial charge >= 0.3 is 0 Å². The number of nitrogens with zero attached hydrogens (tertiary/aromatic N) is 1. The fourth-order valence-electron chi connectivity index (χ4n) is 2.10. The SMILES string of the molecule is CCN(CC1CC1)S(=O)(=O)c1ccc(OCCCO)cc1. The first-order valence-corrected chi connectivity index (χ1v) is 8.85.